The molecule has 82 valence electrons. The maximum atomic E-state index is 11.8. The Morgan fingerprint density at radius 2 is 2.27 bits per heavy atom. The molecule has 0 N–H and O–H groups in total. The van der Waals surface area contributed by atoms with Gasteiger partial charge in [0.15, 0.2) is 5.78 Å². The predicted octanol–water partition coefficient (Wildman–Crippen LogP) is 2.96. The summed E-state index contributed by atoms with van der Waals surface area (Å²) in [7, 11) is 0. The van der Waals surface area contributed by atoms with E-state index in [9.17, 15) is 4.79 Å². The average molecular weight is 223 g/mol. The van der Waals surface area contributed by atoms with Crippen molar-refractivity contribution in [2.45, 2.75) is 20.8 Å². The highest BCUT2D eigenvalue weighted by Crippen LogP contribution is 2.12. The minimum absolute atomic E-state index is 0.186. The molecule has 15 heavy (non-hydrogen) atoms. The molecule has 0 bridgehead atoms. The van der Waals surface area contributed by atoms with E-state index in [1.165, 1.54) is 0 Å². The smallest absolute Gasteiger partial charge is 0.174 e. The highest BCUT2D eigenvalue weighted by Gasteiger charge is 2.08. The zero-order valence-electron chi connectivity index (χ0n) is 9.49. The lowest BCUT2D eigenvalue weighted by Gasteiger charge is -2.05. The molecule has 1 heterocycles. The van der Waals surface area contributed by atoms with E-state index in [0.29, 0.717) is 11.7 Å². The summed E-state index contributed by atoms with van der Waals surface area (Å²) < 4.78 is 0. The highest BCUT2D eigenvalue weighted by atomic mass is 32.2. The van der Waals surface area contributed by atoms with E-state index in [4.69, 9.17) is 0 Å². The number of ketones is 1. The minimum Gasteiger partial charge on any atom is -0.293 e. The Hall–Kier alpha value is -0.830. The molecular formula is C12H17NOS. The van der Waals surface area contributed by atoms with Crippen molar-refractivity contribution in [2.24, 2.45) is 5.92 Å². The summed E-state index contributed by atoms with van der Waals surface area (Å²) in [6.07, 6.45) is 3.38. The standard InChI is InChI=1S/C12H17NOS/c1-9(2)7-15-8-12(14)11-6-13-5-4-10(11)3/h4-6,9H,7-8H2,1-3H3. The van der Waals surface area contributed by atoms with E-state index >= 15 is 0 Å². The third-order valence-corrected chi connectivity index (χ3v) is 3.39. The number of pyridine rings is 1. The van der Waals surface area contributed by atoms with Crippen molar-refractivity contribution in [1.82, 2.24) is 4.98 Å². The van der Waals surface area contributed by atoms with Gasteiger partial charge in [-0.05, 0) is 30.2 Å². The Bertz CT molecular complexity index is 336. The second-order valence-electron chi connectivity index (χ2n) is 4.02. The SMILES string of the molecule is Cc1ccncc1C(=O)CSCC(C)C. The summed E-state index contributed by atoms with van der Waals surface area (Å²) in [6, 6.07) is 1.88. The van der Waals surface area contributed by atoms with Crippen LogP contribution in [-0.4, -0.2) is 22.3 Å². The highest BCUT2D eigenvalue weighted by molar-refractivity contribution is 7.99. The van der Waals surface area contributed by atoms with Crippen molar-refractivity contribution in [3.05, 3.63) is 29.6 Å². The monoisotopic (exact) mass is 223 g/mol. The fourth-order valence-corrected chi connectivity index (χ4v) is 2.15. The molecule has 2 nitrogen and oxygen atoms in total. The molecule has 0 radical (unpaired) electrons. The Morgan fingerprint density at radius 3 is 2.87 bits per heavy atom. The molecule has 0 saturated carbocycles. The van der Waals surface area contributed by atoms with Crippen molar-refractivity contribution in [3.8, 4) is 0 Å². The first-order valence-corrected chi connectivity index (χ1v) is 6.28. The van der Waals surface area contributed by atoms with Gasteiger partial charge in [0.1, 0.15) is 0 Å². The van der Waals surface area contributed by atoms with Crippen LogP contribution in [0, 0.1) is 12.8 Å². The van der Waals surface area contributed by atoms with Gasteiger partial charge in [0.25, 0.3) is 0 Å². The van der Waals surface area contributed by atoms with Gasteiger partial charge in [-0.3, -0.25) is 9.78 Å². The van der Waals surface area contributed by atoms with Gasteiger partial charge in [-0.1, -0.05) is 13.8 Å². The molecule has 1 rings (SSSR count). The molecule has 1 aromatic heterocycles. The molecule has 0 aromatic carbocycles. The van der Waals surface area contributed by atoms with Crippen LogP contribution in [0.5, 0.6) is 0 Å². The third kappa shape index (κ3) is 4.04. The quantitative estimate of drug-likeness (QED) is 0.719. The van der Waals surface area contributed by atoms with Gasteiger partial charge >= 0.3 is 0 Å². The molecule has 3 heteroatoms. The normalized spacial score (nSPS) is 10.7. The van der Waals surface area contributed by atoms with Crippen molar-refractivity contribution in [1.29, 1.82) is 0 Å². The number of hydrogen-bond donors (Lipinski definition) is 0. The topological polar surface area (TPSA) is 30.0 Å². The second kappa shape index (κ2) is 5.91. The van der Waals surface area contributed by atoms with Gasteiger partial charge in [-0.15, -0.1) is 0 Å². The van der Waals surface area contributed by atoms with Crippen LogP contribution in [0.3, 0.4) is 0 Å². The third-order valence-electron chi connectivity index (χ3n) is 2.02. The zero-order valence-corrected chi connectivity index (χ0v) is 10.3. The number of nitrogens with zero attached hydrogens (tertiary/aromatic N) is 1. The average Bonchev–Trinajstić information content (AvgIpc) is 2.17. The maximum Gasteiger partial charge on any atom is 0.174 e. The van der Waals surface area contributed by atoms with Crippen LogP contribution < -0.4 is 0 Å². The number of aryl methyl sites for hydroxylation is 1. The van der Waals surface area contributed by atoms with Crippen LogP contribution in [0.2, 0.25) is 0 Å². The Balaban J connectivity index is 2.51. The first-order valence-electron chi connectivity index (χ1n) is 5.13. The van der Waals surface area contributed by atoms with Crippen LogP contribution in [0.4, 0.5) is 0 Å². The number of aromatic nitrogens is 1. The van der Waals surface area contributed by atoms with E-state index in [0.717, 1.165) is 16.9 Å². The first-order chi connectivity index (χ1) is 7.11. The summed E-state index contributed by atoms with van der Waals surface area (Å²) in [5, 5.41) is 0. The number of rotatable bonds is 5. The minimum atomic E-state index is 0.186. The van der Waals surface area contributed by atoms with Crippen molar-refractivity contribution in [3.63, 3.8) is 0 Å². The number of carbonyl (C=O) groups is 1. The lowest BCUT2D eigenvalue weighted by atomic mass is 10.1. The van der Waals surface area contributed by atoms with Crippen molar-refractivity contribution in [2.75, 3.05) is 11.5 Å². The number of carbonyl (C=O) groups excluding carboxylic acids is 1. The molecule has 0 spiro atoms. The summed E-state index contributed by atoms with van der Waals surface area (Å²) in [6.45, 7) is 6.27. The maximum absolute atomic E-state index is 11.8. The van der Waals surface area contributed by atoms with Gasteiger partial charge in [-0.25, -0.2) is 0 Å². The summed E-state index contributed by atoms with van der Waals surface area (Å²) in [5.41, 5.74) is 1.77. The van der Waals surface area contributed by atoms with Crippen LogP contribution in [-0.2, 0) is 0 Å². The molecule has 0 unspecified atom stereocenters. The van der Waals surface area contributed by atoms with Crippen LogP contribution >= 0.6 is 11.8 Å². The zero-order chi connectivity index (χ0) is 11.3. The molecule has 0 saturated heterocycles. The molecule has 1 aromatic rings. The van der Waals surface area contributed by atoms with Crippen molar-refractivity contribution < 1.29 is 4.79 Å². The van der Waals surface area contributed by atoms with Gasteiger partial charge in [0, 0.05) is 18.0 Å². The fraction of sp³-hybridized carbons (Fsp3) is 0.500. The molecule has 0 atom stereocenters. The Morgan fingerprint density at radius 1 is 1.53 bits per heavy atom. The van der Waals surface area contributed by atoms with Gasteiger partial charge in [0.2, 0.25) is 0 Å². The number of Topliss-reactive ketones (excluding diaryl/α,β-unsaturated/α-hetero) is 1. The van der Waals surface area contributed by atoms with E-state index in [2.05, 4.69) is 18.8 Å². The van der Waals surface area contributed by atoms with Crippen LogP contribution in [0.1, 0.15) is 29.8 Å². The van der Waals surface area contributed by atoms with E-state index in [1.54, 1.807) is 24.2 Å². The van der Waals surface area contributed by atoms with E-state index in [-0.39, 0.29) is 5.78 Å². The van der Waals surface area contributed by atoms with Crippen LogP contribution in [0.25, 0.3) is 0 Å². The second-order valence-corrected chi connectivity index (χ2v) is 5.05. The lowest BCUT2D eigenvalue weighted by molar-refractivity contribution is 0.102. The predicted molar refractivity (Wildman–Crippen MR) is 65.5 cm³/mol. The largest absolute Gasteiger partial charge is 0.293 e. The molecule has 0 aliphatic heterocycles. The fourth-order valence-electron chi connectivity index (χ4n) is 1.22. The number of hydrogen-bond acceptors (Lipinski definition) is 3. The molecule has 0 fully saturated rings. The van der Waals surface area contributed by atoms with Crippen LogP contribution in [0.15, 0.2) is 18.5 Å². The summed E-state index contributed by atoms with van der Waals surface area (Å²) in [5.74, 6) is 2.42. The number of thioether (sulfide) groups is 1. The van der Waals surface area contributed by atoms with Gasteiger partial charge < -0.3 is 0 Å². The Kier molecular flexibility index (Phi) is 4.82. The lowest BCUT2D eigenvalue weighted by Crippen LogP contribution is -2.06. The summed E-state index contributed by atoms with van der Waals surface area (Å²) in [4.78, 5) is 15.8. The molecule has 0 aliphatic carbocycles. The van der Waals surface area contributed by atoms with E-state index in [1.807, 2.05) is 13.0 Å². The molecule has 0 aliphatic rings. The first kappa shape index (κ1) is 12.2. The molecular weight excluding hydrogens is 206 g/mol. The van der Waals surface area contributed by atoms with Gasteiger partial charge in [0.05, 0.1) is 5.75 Å². The van der Waals surface area contributed by atoms with E-state index < -0.39 is 0 Å². The van der Waals surface area contributed by atoms with Gasteiger partial charge in [-0.2, -0.15) is 11.8 Å². The molecule has 0 amide bonds. The Labute approximate surface area is 95.5 Å². The summed E-state index contributed by atoms with van der Waals surface area (Å²) >= 11 is 1.70. The van der Waals surface area contributed by atoms with Crippen molar-refractivity contribution >= 4 is 17.5 Å².